The van der Waals surface area contributed by atoms with E-state index in [2.05, 4.69) is 15.9 Å². The minimum Gasteiger partial charge on any atom is -0.294 e. The molecule has 0 aliphatic heterocycles. The van der Waals surface area contributed by atoms with Crippen molar-refractivity contribution in [3.8, 4) is 0 Å². The van der Waals surface area contributed by atoms with E-state index in [1.165, 1.54) is 18.2 Å². The van der Waals surface area contributed by atoms with Crippen molar-refractivity contribution in [2.24, 2.45) is 0 Å². The lowest BCUT2D eigenvalue weighted by Crippen LogP contribution is -2.12. The van der Waals surface area contributed by atoms with E-state index in [-0.39, 0.29) is 12.0 Å². The Hall–Kier alpha value is -0.840. The van der Waals surface area contributed by atoms with Crippen LogP contribution in [0.25, 0.3) is 0 Å². The zero-order valence-electron chi connectivity index (χ0n) is 9.77. The quantitative estimate of drug-likeness (QED) is 0.416. The first kappa shape index (κ1) is 15.2. The van der Waals surface area contributed by atoms with Gasteiger partial charge >= 0.3 is 6.18 Å². The third kappa shape index (κ3) is 4.44. The van der Waals surface area contributed by atoms with Gasteiger partial charge in [-0.1, -0.05) is 40.5 Å². The molecule has 0 amide bonds. The first-order valence-electron chi connectivity index (χ1n) is 5.72. The predicted octanol–water partition coefficient (Wildman–Crippen LogP) is 4.84. The van der Waals surface area contributed by atoms with Crippen LogP contribution in [0.1, 0.15) is 41.6 Å². The van der Waals surface area contributed by atoms with Crippen LogP contribution in [0.5, 0.6) is 0 Å². The van der Waals surface area contributed by atoms with Gasteiger partial charge in [0.2, 0.25) is 0 Å². The van der Waals surface area contributed by atoms with E-state index in [1.54, 1.807) is 0 Å². The second kappa shape index (κ2) is 6.92. The summed E-state index contributed by atoms with van der Waals surface area (Å²) in [6.07, 6.45) is -1.92. The first-order valence-corrected chi connectivity index (χ1v) is 6.84. The first-order chi connectivity index (χ1) is 8.46. The number of unbranched alkanes of at least 4 members (excludes halogenated alkanes) is 2. The highest BCUT2D eigenvalue weighted by Crippen LogP contribution is 2.32. The summed E-state index contributed by atoms with van der Waals surface area (Å²) in [7, 11) is 0. The molecule has 5 heteroatoms. The molecule has 0 spiro atoms. The summed E-state index contributed by atoms with van der Waals surface area (Å²) < 4.78 is 38.1. The molecule has 0 unspecified atom stereocenters. The molecule has 100 valence electrons. The zero-order chi connectivity index (χ0) is 13.6. The van der Waals surface area contributed by atoms with Gasteiger partial charge in [-0.2, -0.15) is 13.2 Å². The molecule has 0 heterocycles. The monoisotopic (exact) mass is 322 g/mol. The van der Waals surface area contributed by atoms with Gasteiger partial charge in [0.25, 0.3) is 0 Å². The second-order valence-electron chi connectivity index (χ2n) is 3.97. The van der Waals surface area contributed by atoms with Gasteiger partial charge in [-0.25, -0.2) is 0 Å². The van der Waals surface area contributed by atoms with Crippen LogP contribution in [0, 0.1) is 0 Å². The van der Waals surface area contributed by atoms with Gasteiger partial charge in [0.1, 0.15) is 0 Å². The van der Waals surface area contributed by atoms with E-state index in [1.807, 2.05) is 0 Å². The summed E-state index contributed by atoms with van der Waals surface area (Å²) in [4.78, 5) is 11.8. The van der Waals surface area contributed by atoms with E-state index in [0.29, 0.717) is 6.42 Å². The van der Waals surface area contributed by atoms with Crippen LogP contribution < -0.4 is 0 Å². The van der Waals surface area contributed by atoms with Crippen LogP contribution in [0.3, 0.4) is 0 Å². The smallest absolute Gasteiger partial charge is 0.294 e. The van der Waals surface area contributed by atoms with Gasteiger partial charge in [-0.15, -0.1) is 0 Å². The number of carbonyl (C=O) groups is 1. The number of ketones is 1. The Kier molecular flexibility index (Phi) is 5.85. The fraction of sp³-hybridized carbons (Fsp3) is 0.462. The van der Waals surface area contributed by atoms with Crippen LogP contribution in [-0.4, -0.2) is 11.1 Å². The highest BCUT2D eigenvalue weighted by molar-refractivity contribution is 9.09. The van der Waals surface area contributed by atoms with E-state index >= 15 is 0 Å². The highest BCUT2D eigenvalue weighted by atomic mass is 79.9. The van der Waals surface area contributed by atoms with Crippen molar-refractivity contribution in [3.05, 3.63) is 35.4 Å². The van der Waals surface area contributed by atoms with Gasteiger partial charge < -0.3 is 0 Å². The lowest BCUT2D eigenvalue weighted by atomic mass is 9.99. The number of Topliss-reactive ketones (excluding diaryl/α,β-unsaturated/α-hetero) is 1. The van der Waals surface area contributed by atoms with E-state index in [9.17, 15) is 18.0 Å². The van der Waals surface area contributed by atoms with Crippen molar-refractivity contribution in [2.45, 2.75) is 31.9 Å². The summed E-state index contributed by atoms with van der Waals surface area (Å²) in [5.74, 6) is -0.433. The van der Waals surface area contributed by atoms with Crippen molar-refractivity contribution in [1.29, 1.82) is 0 Å². The standard InChI is InChI=1S/C13H14BrF3O/c14-9-5-1-2-8-12(18)10-6-3-4-7-11(10)13(15,16)17/h3-4,6-7H,1-2,5,8-9H2. The lowest BCUT2D eigenvalue weighted by Gasteiger charge is -2.11. The molecule has 0 aliphatic rings. The second-order valence-corrected chi connectivity index (χ2v) is 4.76. The SMILES string of the molecule is O=C(CCCCCBr)c1ccccc1C(F)(F)F. The molecule has 0 radical (unpaired) electrons. The third-order valence-corrected chi connectivity index (χ3v) is 3.13. The molecule has 1 aromatic carbocycles. The maximum Gasteiger partial charge on any atom is 0.417 e. The fourth-order valence-corrected chi connectivity index (χ4v) is 2.06. The fourth-order valence-electron chi connectivity index (χ4n) is 1.66. The van der Waals surface area contributed by atoms with Crippen LogP contribution in [0.15, 0.2) is 24.3 Å². The van der Waals surface area contributed by atoms with Crippen LogP contribution in [0.4, 0.5) is 13.2 Å². The lowest BCUT2D eigenvalue weighted by molar-refractivity contribution is -0.137. The molecule has 0 fully saturated rings. The highest BCUT2D eigenvalue weighted by Gasteiger charge is 2.34. The van der Waals surface area contributed by atoms with Crippen molar-refractivity contribution >= 4 is 21.7 Å². The molecule has 0 saturated carbocycles. The van der Waals surface area contributed by atoms with E-state index < -0.39 is 17.5 Å². The molecule has 0 bridgehead atoms. The Morgan fingerprint density at radius 1 is 1.11 bits per heavy atom. The van der Waals surface area contributed by atoms with E-state index in [0.717, 1.165) is 24.2 Å². The minimum atomic E-state index is -4.47. The Balaban J connectivity index is 2.74. The summed E-state index contributed by atoms with van der Waals surface area (Å²) in [5, 5.41) is 0.848. The van der Waals surface area contributed by atoms with Crippen LogP contribution in [0.2, 0.25) is 0 Å². The molecule has 18 heavy (non-hydrogen) atoms. The summed E-state index contributed by atoms with van der Waals surface area (Å²) in [6.45, 7) is 0. The van der Waals surface area contributed by atoms with Gasteiger partial charge in [0.05, 0.1) is 5.56 Å². The van der Waals surface area contributed by atoms with Crippen molar-refractivity contribution in [2.75, 3.05) is 5.33 Å². The topological polar surface area (TPSA) is 17.1 Å². The van der Waals surface area contributed by atoms with Crippen LogP contribution in [-0.2, 0) is 6.18 Å². The number of carbonyl (C=O) groups excluding carboxylic acids is 1. The molecule has 0 saturated heterocycles. The number of hydrogen-bond donors (Lipinski definition) is 0. The molecule has 1 rings (SSSR count). The average molecular weight is 323 g/mol. The van der Waals surface area contributed by atoms with Gasteiger partial charge in [0.15, 0.2) is 5.78 Å². The number of alkyl halides is 4. The summed E-state index contributed by atoms with van der Waals surface area (Å²) in [5.41, 5.74) is -1.06. The zero-order valence-corrected chi connectivity index (χ0v) is 11.4. The number of hydrogen-bond acceptors (Lipinski definition) is 1. The Labute approximate surface area is 113 Å². The molecular formula is C13H14BrF3O. The molecule has 0 aliphatic carbocycles. The normalized spacial score (nSPS) is 11.6. The Morgan fingerprint density at radius 2 is 1.78 bits per heavy atom. The predicted molar refractivity (Wildman–Crippen MR) is 68.0 cm³/mol. The summed E-state index contributed by atoms with van der Waals surface area (Å²) in [6, 6.07) is 4.95. The van der Waals surface area contributed by atoms with Gasteiger partial charge in [-0.3, -0.25) is 4.79 Å². The van der Waals surface area contributed by atoms with Crippen molar-refractivity contribution in [1.82, 2.24) is 0 Å². The molecule has 0 aromatic heterocycles. The molecule has 0 N–H and O–H groups in total. The number of rotatable bonds is 6. The molecule has 1 nitrogen and oxygen atoms in total. The van der Waals surface area contributed by atoms with Gasteiger partial charge in [-0.05, 0) is 18.9 Å². The maximum absolute atomic E-state index is 12.7. The van der Waals surface area contributed by atoms with Crippen molar-refractivity contribution < 1.29 is 18.0 Å². The maximum atomic E-state index is 12.7. The minimum absolute atomic E-state index is 0.167. The van der Waals surface area contributed by atoms with E-state index in [4.69, 9.17) is 0 Å². The third-order valence-electron chi connectivity index (χ3n) is 2.57. The molecular weight excluding hydrogens is 309 g/mol. The average Bonchev–Trinajstić information content (AvgIpc) is 2.33. The Bertz CT molecular complexity index is 401. The van der Waals surface area contributed by atoms with Crippen molar-refractivity contribution in [3.63, 3.8) is 0 Å². The number of halogens is 4. The number of benzene rings is 1. The molecule has 1 aromatic rings. The van der Waals surface area contributed by atoms with Crippen LogP contribution >= 0.6 is 15.9 Å². The van der Waals surface area contributed by atoms with Gasteiger partial charge in [0, 0.05) is 17.3 Å². The summed E-state index contributed by atoms with van der Waals surface area (Å²) >= 11 is 3.27. The Morgan fingerprint density at radius 3 is 2.39 bits per heavy atom. The largest absolute Gasteiger partial charge is 0.417 e. The molecule has 0 atom stereocenters.